The first-order chi connectivity index (χ1) is 10.9. The van der Waals surface area contributed by atoms with Crippen molar-refractivity contribution in [3.8, 4) is 5.75 Å². The number of nitrogens with one attached hydrogen (secondary N) is 2. The maximum absolute atomic E-state index is 11.9. The second-order valence-corrected chi connectivity index (χ2v) is 5.88. The lowest BCUT2D eigenvalue weighted by atomic mass is 10.0. The first kappa shape index (κ1) is 17.1. The number of carbonyl (C=O) groups is 1. The van der Waals surface area contributed by atoms with Crippen LogP contribution in [0.4, 0.5) is 10.6 Å². The van der Waals surface area contributed by atoms with E-state index >= 15 is 0 Å². The zero-order valence-corrected chi connectivity index (χ0v) is 14.1. The Morgan fingerprint density at radius 1 is 1.13 bits per heavy atom. The summed E-state index contributed by atoms with van der Waals surface area (Å²) in [6.45, 7) is 6.02. The van der Waals surface area contributed by atoms with Crippen molar-refractivity contribution in [3.63, 3.8) is 0 Å². The Balaban J connectivity index is 1.84. The molecular weight excluding hydrogens is 314 g/mol. The molecule has 23 heavy (non-hydrogen) atoms. The van der Waals surface area contributed by atoms with Crippen LogP contribution in [0.2, 0.25) is 5.02 Å². The summed E-state index contributed by atoms with van der Waals surface area (Å²) in [5.74, 6) is 1.59. The van der Waals surface area contributed by atoms with Gasteiger partial charge in [-0.15, -0.1) is 0 Å². The number of amides is 2. The Kier molecular flexibility index (Phi) is 5.82. The molecule has 0 aliphatic rings. The van der Waals surface area contributed by atoms with E-state index in [0.29, 0.717) is 22.5 Å². The number of hydrogen-bond donors (Lipinski definition) is 2. The summed E-state index contributed by atoms with van der Waals surface area (Å²) in [5, 5.41) is 5.81. The Bertz CT molecular complexity index is 642. The van der Waals surface area contributed by atoms with Crippen molar-refractivity contribution in [2.75, 3.05) is 5.32 Å². The minimum Gasteiger partial charge on any atom is -0.471 e. The normalized spacial score (nSPS) is 11.9. The van der Waals surface area contributed by atoms with Gasteiger partial charge in [-0.3, -0.25) is 5.32 Å². The van der Waals surface area contributed by atoms with Crippen molar-refractivity contribution >= 4 is 23.4 Å². The third-order valence-electron chi connectivity index (χ3n) is 3.16. The molecule has 1 aromatic carbocycles. The molecule has 1 heterocycles. The molecule has 2 N–H and O–H groups in total. The van der Waals surface area contributed by atoms with Gasteiger partial charge >= 0.3 is 6.03 Å². The predicted molar refractivity (Wildman–Crippen MR) is 92.0 cm³/mol. The molecule has 0 spiro atoms. The number of halogens is 1. The average molecular weight is 334 g/mol. The number of carbonyl (C=O) groups excluding carboxylic acids is 1. The molecule has 2 amide bonds. The molecule has 0 radical (unpaired) electrons. The Morgan fingerprint density at radius 3 is 2.39 bits per heavy atom. The van der Waals surface area contributed by atoms with Crippen LogP contribution in [0, 0.1) is 0 Å². The van der Waals surface area contributed by atoms with E-state index in [9.17, 15) is 4.79 Å². The second kappa shape index (κ2) is 7.83. The van der Waals surface area contributed by atoms with Crippen LogP contribution in [-0.2, 0) is 0 Å². The first-order valence-corrected chi connectivity index (χ1v) is 7.77. The minimum atomic E-state index is -0.479. The number of hydrogen-bond acceptors (Lipinski definition) is 3. The second-order valence-electron chi connectivity index (χ2n) is 5.44. The van der Waals surface area contributed by atoms with E-state index in [1.165, 1.54) is 11.8 Å². The number of benzene rings is 1. The van der Waals surface area contributed by atoms with Gasteiger partial charge < -0.3 is 10.1 Å². The predicted octanol–water partition coefficient (Wildman–Crippen LogP) is 4.40. The van der Waals surface area contributed by atoms with Crippen LogP contribution >= 0.6 is 11.6 Å². The molecule has 2 rings (SSSR count). The monoisotopic (exact) mass is 333 g/mol. The lowest BCUT2D eigenvalue weighted by molar-refractivity contribution is 0.183. The third kappa shape index (κ3) is 5.45. The highest BCUT2D eigenvalue weighted by atomic mass is 35.5. The number of anilines is 1. The van der Waals surface area contributed by atoms with E-state index in [4.69, 9.17) is 16.3 Å². The summed E-state index contributed by atoms with van der Waals surface area (Å²) in [6, 6.07) is 10.7. The van der Waals surface area contributed by atoms with Gasteiger partial charge in [-0.05, 0) is 42.7 Å². The number of nitrogens with zero attached hydrogens (tertiary/aromatic N) is 1. The molecule has 0 aliphatic heterocycles. The number of aromatic nitrogens is 1. The highest BCUT2D eigenvalue weighted by Crippen LogP contribution is 2.19. The fourth-order valence-corrected chi connectivity index (χ4v) is 2.06. The van der Waals surface area contributed by atoms with Crippen LogP contribution in [0.1, 0.15) is 32.3 Å². The van der Waals surface area contributed by atoms with Crippen molar-refractivity contribution in [2.24, 2.45) is 0 Å². The number of pyridine rings is 1. The molecule has 1 atom stereocenters. The SMILES string of the molecule is CC(NC(=O)Nc1ccc(Cl)cn1)Oc1ccc(C(C)C)cc1. The van der Waals surface area contributed by atoms with Crippen molar-refractivity contribution < 1.29 is 9.53 Å². The lowest BCUT2D eigenvalue weighted by Crippen LogP contribution is -2.39. The fraction of sp³-hybridized carbons (Fsp3) is 0.294. The molecule has 0 saturated heterocycles. The summed E-state index contributed by atoms with van der Waals surface area (Å²) in [6.07, 6.45) is 0.986. The Labute approximate surface area is 141 Å². The number of urea groups is 1. The fourth-order valence-electron chi connectivity index (χ4n) is 1.95. The highest BCUT2D eigenvalue weighted by Gasteiger charge is 2.09. The standard InChI is InChI=1S/C17H20ClN3O2/c1-11(2)13-4-7-15(8-5-13)23-12(3)20-17(22)21-16-9-6-14(18)10-19-16/h4-12H,1-3H3,(H2,19,20,21,22). The maximum Gasteiger partial charge on any atom is 0.323 e. The van der Waals surface area contributed by atoms with Gasteiger partial charge in [0.2, 0.25) is 0 Å². The maximum atomic E-state index is 11.9. The van der Waals surface area contributed by atoms with Gasteiger partial charge in [0.15, 0.2) is 6.23 Å². The van der Waals surface area contributed by atoms with Gasteiger partial charge in [0.25, 0.3) is 0 Å². The van der Waals surface area contributed by atoms with Crippen LogP contribution in [0.5, 0.6) is 5.75 Å². The Hall–Kier alpha value is -2.27. The summed E-state index contributed by atoms with van der Waals surface area (Å²) < 4.78 is 5.66. The molecule has 0 saturated carbocycles. The average Bonchev–Trinajstić information content (AvgIpc) is 2.50. The zero-order chi connectivity index (χ0) is 16.8. The van der Waals surface area contributed by atoms with E-state index in [1.54, 1.807) is 19.1 Å². The molecule has 0 fully saturated rings. The van der Waals surface area contributed by atoms with Crippen molar-refractivity contribution in [2.45, 2.75) is 32.9 Å². The van der Waals surface area contributed by atoms with E-state index in [0.717, 1.165) is 0 Å². The molecule has 1 unspecified atom stereocenters. The van der Waals surface area contributed by atoms with Crippen molar-refractivity contribution in [1.29, 1.82) is 0 Å². The highest BCUT2D eigenvalue weighted by molar-refractivity contribution is 6.30. The Morgan fingerprint density at radius 2 is 1.83 bits per heavy atom. The molecule has 0 bridgehead atoms. The number of ether oxygens (including phenoxy) is 1. The van der Waals surface area contributed by atoms with Crippen LogP contribution in [0.3, 0.4) is 0 Å². The van der Waals surface area contributed by atoms with Gasteiger partial charge in [0.05, 0.1) is 5.02 Å². The van der Waals surface area contributed by atoms with Gasteiger partial charge in [-0.2, -0.15) is 0 Å². The van der Waals surface area contributed by atoms with E-state index in [2.05, 4.69) is 29.5 Å². The molecule has 122 valence electrons. The van der Waals surface area contributed by atoms with Crippen LogP contribution in [-0.4, -0.2) is 17.2 Å². The van der Waals surface area contributed by atoms with E-state index in [1.807, 2.05) is 24.3 Å². The molecule has 6 heteroatoms. The van der Waals surface area contributed by atoms with Crippen LogP contribution < -0.4 is 15.4 Å². The largest absolute Gasteiger partial charge is 0.471 e. The quantitative estimate of drug-likeness (QED) is 0.797. The first-order valence-electron chi connectivity index (χ1n) is 7.39. The molecule has 0 aliphatic carbocycles. The van der Waals surface area contributed by atoms with Crippen LogP contribution in [0.25, 0.3) is 0 Å². The number of rotatable bonds is 5. The van der Waals surface area contributed by atoms with Gasteiger partial charge in [-0.25, -0.2) is 9.78 Å². The molecule has 5 nitrogen and oxygen atoms in total. The van der Waals surface area contributed by atoms with Crippen LogP contribution in [0.15, 0.2) is 42.6 Å². The molecule has 1 aromatic heterocycles. The van der Waals surface area contributed by atoms with E-state index < -0.39 is 12.3 Å². The summed E-state index contributed by atoms with van der Waals surface area (Å²) in [4.78, 5) is 15.9. The topological polar surface area (TPSA) is 63.2 Å². The molecular formula is C17H20ClN3O2. The smallest absolute Gasteiger partial charge is 0.323 e. The zero-order valence-electron chi connectivity index (χ0n) is 13.3. The summed E-state index contributed by atoms with van der Waals surface area (Å²) in [7, 11) is 0. The van der Waals surface area contributed by atoms with Gasteiger partial charge in [0, 0.05) is 6.20 Å². The van der Waals surface area contributed by atoms with Gasteiger partial charge in [0.1, 0.15) is 11.6 Å². The van der Waals surface area contributed by atoms with Gasteiger partial charge in [-0.1, -0.05) is 37.6 Å². The van der Waals surface area contributed by atoms with Crippen molar-refractivity contribution in [3.05, 3.63) is 53.2 Å². The van der Waals surface area contributed by atoms with Crippen molar-refractivity contribution in [1.82, 2.24) is 10.3 Å². The summed E-state index contributed by atoms with van der Waals surface area (Å²) in [5.41, 5.74) is 1.24. The van der Waals surface area contributed by atoms with E-state index in [-0.39, 0.29) is 0 Å². The lowest BCUT2D eigenvalue weighted by Gasteiger charge is -2.17. The minimum absolute atomic E-state index is 0.397. The summed E-state index contributed by atoms with van der Waals surface area (Å²) >= 11 is 5.74. The third-order valence-corrected chi connectivity index (χ3v) is 3.39. The molecule has 2 aromatic rings.